The van der Waals surface area contributed by atoms with Gasteiger partial charge in [0.2, 0.25) is 0 Å². The van der Waals surface area contributed by atoms with E-state index >= 15 is 0 Å². The van der Waals surface area contributed by atoms with Crippen molar-refractivity contribution in [2.45, 2.75) is 37.0 Å². The second-order valence-corrected chi connectivity index (χ2v) is 8.87. The van der Waals surface area contributed by atoms with Crippen LogP contribution >= 0.6 is 0 Å². The van der Waals surface area contributed by atoms with E-state index in [0.717, 1.165) is 42.3 Å². The lowest BCUT2D eigenvalue weighted by Gasteiger charge is -2.36. The van der Waals surface area contributed by atoms with E-state index in [-0.39, 0.29) is 11.5 Å². The molecular weight excluding hydrogens is 400 g/mol. The van der Waals surface area contributed by atoms with Crippen LogP contribution in [-0.4, -0.2) is 36.0 Å². The molecule has 2 aromatic carbocycles. The predicted octanol–water partition coefficient (Wildman–Crippen LogP) is 4.49. The number of rotatable bonds is 3. The Hall–Kier alpha value is -3.31. The topological polar surface area (TPSA) is 54.8 Å². The summed E-state index contributed by atoms with van der Waals surface area (Å²) in [5.74, 6) is 1.62. The van der Waals surface area contributed by atoms with Crippen molar-refractivity contribution in [2.75, 3.05) is 18.6 Å². The van der Waals surface area contributed by atoms with Crippen molar-refractivity contribution in [3.05, 3.63) is 84.1 Å². The van der Waals surface area contributed by atoms with Crippen molar-refractivity contribution in [3.63, 3.8) is 0 Å². The number of aliphatic hydroxyl groups excluding tert-OH is 1. The number of ether oxygens (including phenoxy) is 2. The monoisotopic (exact) mass is 426 g/mol. The van der Waals surface area contributed by atoms with Crippen molar-refractivity contribution >= 4 is 5.69 Å². The van der Waals surface area contributed by atoms with Crippen LogP contribution in [0.1, 0.15) is 24.0 Å². The zero-order chi connectivity index (χ0) is 21.7. The Bertz CT molecular complexity index is 1180. The Labute approximate surface area is 187 Å². The lowest BCUT2D eigenvalue weighted by Crippen LogP contribution is -2.43. The molecule has 0 unspecified atom stereocenters. The summed E-state index contributed by atoms with van der Waals surface area (Å²) in [6.07, 6.45) is 6.95. The first-order chi connectivity index (χ1) is 15.7. The number of aromatic nitrogens is 1. The first-order valence-electron chi connectivity index (χ1n) is 11.2. The molecule has 0 fully saturated rings. The highest BCUT2D eigenvalue weighted by Gasteiger charge is 2.52. The van der Waals surface area contributed by atoms with Crippen LogP contribution in [0.2, 0.25) is 0 Å². The Morgan fingerprint density at radius 2 is 2.00 bits per heavy atom. The Morgan fingerprint density at radius 3 is 2.78 bits per heavy atom. The summed E-state index contributed by atoms with van der Waals surface area (Å²) in [5, 5.41) is 10.3. The molecule has 3 aliphatic rings. The number of aliphatic hydroxyl groups is 1. The molecule has 2 aliphatic heterocycles. The van der Waals surface area contributed by atoms with Crippen LogP contribution in [0.3, 0.4) is 0 Å². The highest BCUT2D eigenvalue weighted by Crippen LogP contribution is 2.56. The molecule has 1 N–H and O–H groups in total. The van der Waals surface area contributed by atoms with Crippen LogP contribution in [0.4, 0.5) is 5.69 Å². The smallest absolute Gasteiger partial charge is 0.166 e. The number of hydrogen-bond donors (Lipinski definition) is 1. The van der Waals surface area contributed by atoms with Gasteiger partial charge in [-0.15, -0.1) is 0 Å². The van der Waals surface area contributed by atoms with Crippen molar-refractivity contribution in [3.8, 4) is 22.8 Å². The number of nitrogens with zero attached hydrogens (tertiary/aromatic N) is 2. The lowest BCUT2D eigenvalue weighted by atomic mass is 9.69. The van der Waals surface area contributed by atoms with Gasteiger partial charge in [-0.05, 0) is 42.3 Å². The average Bonchev–Trinajstić information content (AvgIpc) is 3.07. The molecule has 5 heteroatoms. The lowest BCUT2D eigenvalue weighted by molar-refractivity contribution is 0.0856. The molecule has 0 saturated carbocycles. The molecule has 3 heterocycles. The molecule has 32 heavy (non-hydrogen) atoms. The van der Waals surface area contributed by atoms with Crippen molar-refractivity contribution in [1.82, 2.24) is 4.98 Å². The van der Waals surface area contributed by atoms with Gasteiger partial charge in [-0.1, -0.05) is 36.4 Å². The molecule has 3 atom stereocenters. The second-order valence-electron chi connectivity index (χ2n) is 8.87. The molecule has 0 bridgehead atoms. The Balaban J connectivity index is 1.38. The molecule has 5 nitrogen and oxygen atoms in total. The largest absolute Gasteiger partial charge is 0.493 e. The average molecular weight is 427 g/mol. The van der Waals surface area contributed by atoms with E-state index < -0.39 is 6.10 Å². The number of methoxy groups -OCH3 is 1. The van der Waals surface area contributed by atoms with Gasteiger partial charge in [-0.3, -0.25) is 4.98 Å². The number of pyridine rings is 1. The number of benzene rings is 2. The van der Waals surface area contributed by atoms with E-state index in [2.05, 4.69) is 46.3 Å². The minimum atomic E-state index is -0.465. The van der Waals surface area contributed by atoms with Gasteiger partial charge in [0, 0.05) is 42.5 Å². The molecule has 6 rings (SSSR count). The van der Waals surface area contributed by atoms with Crippen LogP contribution in [0.15, 0.2) is 72.9 Å². The second kappa shape index (κ2) is 7.38. The van der Waals surface area contributed by atoms with Gasteiger partial charge in [0.15, 0.2) is 11.5 Å². The van der Waals surface area contributed by atoms with Crippen LogP contribution in [-0.2, 0) is 12.0 Å². The predicted molar refractivity (Wildman–Crippen MR) is 124 cm³/mol. The van der Waals surface area contributed by atoms with Gasteiger partial charge in [0.05, 0.1) is 24.3 Å². The fraction of sp³-hybridized carbons (Fsp3) is 0.296. The molecule has 162 valence electrons. The Kier molecular flexibility index (Phi) is 4.47. The summed E-state index contributed by atoms with van der Waals surface area (Å²) in [6, 6.07) is 18.8. The summed E-state index contributed by atoms with van der Waals surface area (Å²) in [4.78, 5) is 6.90. The van der Waals surface area contributed by atoms with Crippen LogP contribution < -0.4 is 14.4 Å². The maximum Gasteiger partial charge on any atom is 0.166 e. The summed E-state index contributed by atoms with van der Waals surface area (Å²) in [6.45, 7) is 1.71. The normalized spacial score (nSPS) is 25.5. The first kappa shape index (κ1) is 19.4. The van der Waals surface area contributed by atoms with E-state index in [1.165, 1.54) is 16.8 Å². The molecule has 3 aromatic rings. The minimum absolute atomic E-state index is 0.0703. The van der Waals surface area contributed by atoms with Gasteiger partial charge in [0.25, 0.3) is 0 Å². The minimum Gasteiger partial charge on any atom is -0.493 e. The van der Waals surface area contributed by atoms with Gasteiger partial charge in [-0.25, -0.2) is 0 Å². The summed E-state index contributed by atoms with van der Waals surface area (Å²) >= 11 is 0. The summed E-state index contributed by atoms with van der Waals surface area (Å²) in [5.41, 5.74) is 5.57. The van der Waals surface area contributed by atoms with E-state index in [1.807, 2.05) is 36.5 Å². The highest BCUT2D eigenvalue weighted by atomic mass is 16.5. The van der Waals surface area contributed by atoms with Crippen LogP contribution in [0, 0.1) is 0 Å². The molecule has 0 saturated heterocycles. The van der Waals surface area contributed by atoms with Crippen LogP contribution in [0.25, 0.3) is 11.3 Å². The summed E-state index contributed by atoms with van der Waals surface area (Å²) < 4.78 is 12.1. The van der Waals surface area contributed by atoms with Crippen molar-refractivity contribution < 1.29 is 14.6 Å². The Morgan fingerprint density at radius 1 is 1.12 bits per heavy atom. The van der Waals surface area contributed by atoms with E-state index in [9.17, 15) is 5.11 Å². The van der Waals surface area contributed by atoms with Gasteiger partial charge in [0.1, 0.15) is 6.10 Å². The third-order valence-electron chi connectivity index (χ3n) is 7.15. The molecule has 1 spiro atoms. The van der Waals surface area contributed by atoms with Crippen molar-refractivity contribution in [1.29, 1.82) is 0 Å². The van der Waals surface area contributed by atoms with Gasteiger partial charge < -0.3 is 19.5 Å². The fourth-order valence-corrected chi connectivity index (χ4v) is 5.53. The molecule has 1 aromatic heterocycles. The maximum atomic E-state index is 10.3. The highest BCUT2D eigenvalue weighted by molar-refractivity contribution is 5.65. The first-order valence-corrected chi connectivity index (χ1v) is 11.2. The van der Waals surface area contributed by atoms with Crippen molar-refractivity contribution in [2.24, 2.45) is 0 Å². The zero-order valence-electron chi connectivity index (χ0n) is 18.1. The third kappa shape index (κ3) is 2.92. The standard InChI is InChI=1S/C27H26N2O3/c1-31-23-10-7-19-17-29(20-8-5-18(6-9-20)22-4-2-3-14-28-22)15-13-27-12-11-21(30)16-24(27)32-26(23)25(19)27/h2-12,14,21,24,30H,13,15-17H2,1H3/t21-,24-,27-/m0/s1. The zero-order valence-corrected chi connectivity index (χ0v) is 18.1. The number of hydrogen-bond acceptors (Lipinski definition) is 5. The van der Waals surface area contributed by atoms with E-state index in [1.54, 1.807) is 7.11 Å². The van der Waals surface area contributed by atoms with Gasteiger partial charge in [-0.2, -0.15) is 0 Å². The molecular formula is C27H26N2O3. The van der Waals surface area contributed by atoms with E-state index in [0.29, 0.717) is 6.42 Å². The quantitative estimate of drug-likeness (QED) is 0.626. The van der Waals surface area contributed by atoms with Crippen LogP contribution in [0.5, 0.6) is 11.5 Å². The fourth-order valence-electron chi connectivity index (χ4n) is 5.53. The maximum absolute atomic E-state index is 10.3. The third-order valence-corrected chi connectivity index (χ3v) is 7.15. The van der Waals surface area contributed by atoms with E-state index in [4.69, 9.17) is 9.47 Å². The molecule has 0 radical (unpaired) electrons. The summed E-state index contributed by atoms with van der Waals surface area (Å²) in [7, 11) is 1.69. The van der Waals surface area contributed by atoms with Gasteiger partial charge >= 0.3 is 0 Å². The number of anilines is 1. The molecule has 0 amide bonds. The SMILES string of the molecule is COc1ccc2c3c1O[C@H]1C[C@@H](O)C=C[C@@]31CCN(c1ccc(-c3ccccn3)cc1)C2. The molecule has 1 aliphatic carbocycles.